The Morgan fingerprint density at radius 1 is 0.444 bits per heavy atom. The van der Waals surface area contributed by atoms with Crippen LogP contribution in [0.3, 0.4) is 0 Å². The van der Waals surface area contributed by atoms with Gasteiger partial charge in [-0.2, -0.15) is 0 Å². The van der Waals surface area contributed by atoms with Crippen molar-refractivity contribution in [2.24, 2.45) is 0 Å². The van der Waals surface area contributed by atoms with E-state index in [1.54, 1.807) is 6.08 Å². The van der Waals surface area contributed by atoms with Crippen molar-refractivity contribution >= 4 is 13.7 Å². The van der Waals surface area contributed by atoms with Gasteiger partial charge >= 0.3 is 0 Å². The normalized spacial score (nSPS) is 14.1. The molecule has 9 heteroatoms. The van der Waals surface area contributed by atoms with Gasteiger partial charge in [0.15, 0.2) is 0 Å². The molecule has 0 aliphatic rings. The number of quaternary nitrogens is 1. The van der Waals surface area contributed by atoms with Crippen molar-refractivity contribution in [3.05, 3.63) is 72.9 Å². The molecule has 3 atom stereocenters. The number of hydrogen-bond donors (Lipinski definition) is 2. The first-order valence-electron chi connectivity index (χ1n) is 34.8. The molecule has 0 aromatic carbocycles. The lowest BCUT2D eigenvalue weighted by Crippen LogP contribution is -2.45. The predicted molar refractivity (Wildman–Crippen MR) is 353 cm³/mol. The zero-order valence-electron chi connectivity index (χ0n) is 54.2. The summed E-state index contributed by atoms with van der Waals surface area (Å²) in [6.07, 6.45) is 87.4. The summed E-state index contributed by atoms with van der Waals surface area (Å²) in [7, 11) is 1.25. The fourth-order valence-electron chi connectivity index (χ4n) is 10.3. The number of carbonyl (C=O) groups excluding carboxylic acids is 1. The Hall–Kier alpha value is -2.06. The van der Waals surface area contributed by atoms with Crippen LogP contribution in [0.25, 0.3) is 0 Å². The molecule has 0 aliphatic heterocycles. The zero-order valence-corrected chi connectivity index (χ0v) is 55.1. The van der Waals surface area contributed by atoms with Crippen LogP contribution in [0.2, 0.25) is 0 Å². The molecule has 0 saturated heterocycles. The number of nitrogens with one attached hydrogen (secondary N) is 1. The fourth-order valence-corrected chi connectivity index (χ4v) is 11.0. The Kier molecular flexibility index (Phi) is 60.9. The lowest BCUT2D eigenvalue weighted by atomic mass is 10.0. The smallest absolute Gasteiger partial charge is 0.268 e. The fraction of sp³-hybridized carbons (Fsp3) is 0.819. The number of carbonyl (C=O) groups is 1. The van der Waals surface area contributed by atoms with Gasteiger partial charge < -0.3 is 28.8 Å². The maximum absolute atomic E-state index is 13.0. The summed E-state index contributed by atoms with van der Waals surface area (Å²) < 4.78 is 23.4. The SMILES string of the molecule is CC/C=C\C/C=C\C/C=C\C/C=C\CCCCCCCCCCCCCCCCCCCCCCCCC(=O)NC(COP(=O)([O-])OCC[N+](C)(C)C)C(O)/C=C/CC/C=C/CCCCCCCCCCCCCCCCCCCC. The summed E-state index contributed by atoms with van der Waals surface area (Å²) in [5.74, 6) is -0.202. The van der Waals surface area contributed by atoms with Gasteiger partial charge in [0.05, 0.1) is 39.9 Å². The van der Waals surface area contributed by atoms with Crippen molar-refractivity contribution in [3.63, 3.8) is 0 Å². The van der Waals surface area contributed by atoms with E-state index in [1.807, 2.05) is 27.2 Å². The first-order valence-corrected chi connectivity index (χ1v) is 36.3. The average Bonchev–Trinajstić information content (AvgIpc) is 3.43. The molecule has 0 radical (unpaired) electrons. The quantitative estimate of drug-likeness (QED) is 0.0272. The molecular formula is C72H135N2O6P. The molecular weight excluding hydrogens is 1020 g/mol. The molecule has 8 nitrogen and oxygen atoms in total. The van der Waals surface area contributed by atoms with Crippen molar-refractivity contribution in [3.8, 4) is 0 Å². The van der Waals surface area contributed by atoms with Crippen molar-refractivity contribution in [2.45, 2.75) is 341 Å². The van der Waals surface area contributed by atoms with Gasteiger partial charge in [-0.25, -0.2) is 0 Å². The van der Waals surface area contributed by atoms with Gasteiger partial charge in [0.2, 0.25) is 5.91 Å². The molecule has 2 N–H and O–H groups in total. The number of unbranched alkanes of at least 4 members (excludes halogenated alkanes) is 41. The number of allylic oxidation sites excluding steroid dienone is 11. The van der Waals surface area contributed by atoms with Crippen LogP contribution in [0.15, 0.2) is 72.9 Å². The van der Waals surface area contributed by atoms with Crippen LogP contribution in [-0.2, 0) is 18.4 Å². The second-order valence-electron chi connectivity index (χ2n) is 24.8. The van der Waals surface area contributed by atoms with E-state index in [9.17, 15) is 19.4 Å². The van der Waals surface area contributed by atoms with E-state index in [0.717, 1.165) is 64.2 Å². The summed E-state index contributed by atoms with van der Waals surface area (Å²) in [6, 6.07) is -0.906. The van der Waals surface area contributed by atoms with Gasteiger partial charge in [-0.15, -0.1) is 0 Å². The molecule has 0 aliphatic carbocycles. The summed E-state index contributed by atoms with van der Waals surface area (Å²) in [4.78, 5) is 25.6. The number of likely N-dealkylation sites (N-methyl/N-ethyl adjacent to an activating group) is 1. The minimum atomic E-state index is -4.61. The van der Waals surface area contributed by atoms with Gasteiger partial charge in [0.1, 0.15) is 13.2 Å². The summed E-state index contributed by atoms with van der Waals surface area (Å²) in [6.45, 7) is 4.56. The maximum Gasteiger partial charge on any atom is 0.268 e. The number of nitrogens with zero attached hydrogens (tertiary/aromatic N) is 1. The Morgan fingerprint density at radius 2 is 0.765 bits per heavy atom. The molecule has 0 fully saturated rings. The van der Waals surface area contributed by atoms with Crippen LogP contribution in [0.4, 0.5) is 0 Å². The number of phosphoric ester groups is 1. The minimum Gasteiger partial charge on any atom is -0.756 e. The summed E-state index contributed by atoms with van der Waals surface area (Å²) >= 11 is 0. The standard InChI is InChI=1S/C72H135N2O6P/c1-6-8-10-12-14-16-18-20-22-24-26-28-30-32-33-34-35-36-37-38-39-40-41-42-44-46-48-50-52-54-56-58-60-62-64-66-72(76)73-70(69-80-81(77,78)79-68-67-74(3,4)5)71(75)65-63-61-59-57-55-53-51-49-47-45-43-31-29-27-25-23-21-19-17-15-13-11-9-7-2/h8,10,14,16,20,22,26,28,55,57,63,65,70-71,75H,6-7,9,11-13,15,17-19,21,23-25,27,29-54,56,58-62,64,66-69H2,1-5H3,(H-,73,76,77,78)/b10-8-,16-14-,22-20-,28-26-,57-55+,65-63+. The number of amides is 1. The minimum absolute atomic E-state index is 0.00624. The highest BCUT2D eigenvalue weighted by Gasteiger charge is 2.23. The third kappa shape index (κ3) is 65.3. The van der Waals surface area contributed by atoms with E-state index >= 15 is 0 Å². The van der Waals surface area contributed by atoms with Gasteiger partial charge in [0.25, 0.3) is 7.82 Å². The molecule has 0 spiro atoms. The first kappa shape index (κ1) is 78.9. The molecule has 474 valence electrons. The highest BCUT2D eigenvalue weighted by Crippen LogP contribution is 2.38. The molecule has 0 saturated carbocycles. The van der Waals surface area contributed by atoms with Gasteiger partial charge in [-0.1, -0.05) is 324 Å². The number of aliphatic hydroxyl groups is 1. The monoisotopic (exact) mass is 1160 g/mol. The topological polar surface area (TPSA) is 108 Å². The van der Waals surface area contributed by atoms with E-state index in [4.69, 9.17) is 9.05 Å². The van der Waals surface area contributed by atoms with Crippen LogP contribution in [0.5, 0.6) is 0 Å². The molecule has 3 unspecified atom stereocenters. The number of aliphatic hydroxyl groups excluding tert-OH is 1. The molecule has 0 heterocycles. The third-order valence-corrected chi connectivity index (χ3v) is 16.6. The number of rotatable bonds is 64. The second kappa shape index (κ2) is 62.5. The second-order valence-corrected chi connectivity index (χ2v) is 26.3. The lowest BCUT2D eigenvalue weighted by Gasteiger charge is -2.29. The van der Waals surface area contributed by atoms with Gasteiger partial charge in [0, 0.05) is 6.42 Å². The lowest BCUT2D eigenvalue weighted by molar-refractivity contribution is -0.870. The highest BCUT2D eigenvalue weighted by atomic mass is 31.2. The molecule has 1 amide bonds. The Labute approximate surface area is 504 Å². The van der Waals surface area contributed by atoms with E-state index in [1.165, 1.54) is 244 Å². The van der Waals surface area contributed by atoms with Crippen LogP contribution >= 0.6 is 7.82 Å². The van der Waals surface area contributed by atoms with E-state index in [0.29, 0.717) is 17.4 Å². The predicted octanol–water partition coefficient (Wildman–Crippen LogP) is 21.5. The van der Waals surface area contributed by atoms with Crippen LogP contribution in [0.1, 0.15) is 328 Å². The molecule has 0 bridgehead atoms. The highest BCUT2D eigenvalue weighted by molar-refractivity contribution is 7.45. The van der Waals surface area contributed by atoms with Crippen molar-refractivity contribution in [1.29, 1.82) is 0 Å². The Bertz CT molecular complexity index is 1550. The van der Waals surface area contributed by atoms with E-state index in [2.05, 4.69) is 79.9 Å². The van der Waals surface area contributed by atoms with Crippen LogP contribution < -0.4 is 10.2 Å². The number of phosphoric acid groups is 1. The van der Waals surface area contributed by atoms with Crippen molar-refractivity contribution in [2.75, 3.05) is 40.9 Å². The summed E-state index contributed by atoms with van der Waals surface area (Å²) in [5, 5.41) is 13.9. The van der Waals surface area contributed by atoms with Gasteiger partial charge in [-0.3, -0.25) is 9.36 Å². The van der Waals surface area contributed by atoms with Crippen molar-refractivity contribution in [1.82, 2.24) is 5.32 Å². The first-order chi connectivity index (χ1) is 39.5. The maximum atomic E-state index is 13.0. The van der Waals surface area contributed by atoms with E-state index < -0.39 is 26.6 Å². The third-order valence-electron chi connectivity index (χ3n) is 15.7. The summed E-state index contributed by atoms with van der Waals surface area (Å²) in [5.41, 5.74) is 0. The van der Waals surface area contributed by atoms with Crippen molar-refractivity contribution < 1.29 is 32.9 Å². The Balaban J connectivity index is 4.05. The van der Waals surface area contributed by atoms with Crippen LogP contribution in [-0.4, -0.2) is 68.5 Å². The number of hydrogen-bond acceptors (Lipinski definition) is 6. The Morgan fingerprint density at radius 3 is 1.15 bits per heavy atom. The zero-order chi connectivity index (χ0) is 59.1. The molecule has 0 rings (SSSR count). The van der Waals surface area contributed by atoms with E-state index in [-0.39, 0.29) is 12.5 Å². The average molecular weight is 1160 g/mol. The largest absolute Gasteiger partial charge is 0.756 e. The van der Waals surface area contributed by atoms with Gasteiger partial charge in [-0.05, 0) is 70.6 Å². The molecule has 81 heavy (non-hydrogen) atoms. The molecule has 0 aromatic heterocycles. The molecule has 0 aromatic rings. The van der Waals surface area contributed by atoms with Crippen LogP contribution in [0, 0.1) is 0 Å².